The van der Waals surface area contributed by atoms with Gasteiger partial charge in [-0.05, 0) is 25.7 Å². The second-order valence-electron chi connectivity index (χ2n) is 4.57. The first-order valence-corrected chi connectivity index (χ1v) is 6.37. The Morgan fingerprint density at radius 1 is 1.29 bits per heavy atom. The minimum Gasteiger partial charge on any atom is -0.303 e. The fourth-order valence-electron chi connectivity index (χ4n) is 1.65. The van der Waals surface area contributed by atoms with Crippen molar-refractivity contribution < 1.29 is 0 Å². The highest BCUT2D eigenvalue weighted by Gasteiger charge is 2.18. The summed E-state index contributed by atoms with van der Waals surface area (Å²) >= 11 is 0. The zero-order valence-corrected chi connectivity index (χ0v) is 11.3. The Labute approximate surface area is 104 Å². The number of hydrogen-bond donors (Lipinski definition) is 1. The zero-order chi connectivity index (χ0) is 12.9. The quantitative estimate of drug-likeness (QED) is 0.686. The summed E-state index contributed by atoms with van der Waals surface area (Å²) in [6, 6.07) is 0. The molecule has 0 spiro atoms. The summed E-state index contributed by atoms with van der Waals surface area (Å²) in [5.74, 6) is 0.685. The number of hydrogen-bond acceptors (Lipinski definition) is 3. The molecule has 0 aromatic heterocycles. The van der Waals surface area contributed by atoms with Crippen molar-refractivity contribution in [3.8, 4) is 0 Å². The third kappa shape index (κ3) is 3.93. The van der Waals surface area contributed by atoms with E-state index < -0.39 is 5.66 Å². The summed E-state index contributed by atoms with van der Waals surface area (Å²) < 4.78 is 0. The van der Waals surface area contributed by atoms with Crippen molar-refractivity contribution in [2.24, 2.45) is 21.6 Å². The Morgan fingerprint density at radius 2 is 1.94 bits per heavy atom. The van der Waals surface area contributed by atoms with Crippen LogP contribution in [0.15, 0.2) is 33.4 Å². The maximum absolute atomic E-state index is 5.90. The predicted octanol–water partition coefficient (Wildman–Crippen LogP) is 3.08. The molecule has 2 atom stereocenters. The van der Waals surface area contributed by atoms with Crippen molar-refractivity contribution in [1.29, 1.82) is 0 Å². The summed E-state index contributed by atoms with van der Waals surface area (Å²) in [5.41, 5.74) is 7.34. The van der Waals surface area contributed by atoms with Crippen LogP contribution >= 0.6 is 0 Å². The van der Waals surface area contributed by atoms with Crippen LogP contribution in [0.4, 0.5) is 0 Å². The van der Waals surface area contributed by atoms with Gasteiger partial charge in [-0.3, -0.25) is 9.98 Å². The molecule has 0 amide bonds. The molecule has 94 valence electrons. The number of allylic oxidation sites excluding steroid dienone is 3. The SMILES string of the molecule is CC.CC1CC=C2C=NC(C)(N)C=NC2=CC1. The molecule has 2 unspecified atom stereocenters. The van der Waals surface area contributed by atoms with E-state index in [1.165, 1.54) is 0 Å². The van der Waals surface area contributed by atoms with E-state index >= 15 is 0 Å². The molecular formula is C14H23N3. The smallest absolute Gasteiger partial charge is 0.141 e. The van der Waals surface area contributed by atoms with Gasteiger partial charge in [0.05, 0.1) is 5.70 Å². The molecule has 2 N–H and O–H groups in total. The molecule has 0 aromatic carbocycles. The van der Waals surface area contributed by atoms with Crippen LogP contribution in [-0.2, 0) is 0 Å². The highest BCUT2D eigenvalue weighted by molar-refractivity contribution is 5.90. The lowest BCUT2D eigenvalue weighted by Crippen LogP contribution is -2.35. The summed E-state index contributed by atoms with van der Waals surface area (Å²) in [7, 11) is 0. The van der Waals surface area contributed by atoms with E-state index in [2.05, 4.69) is 29.1 Å². The second-order valence-corrected chi connectivity index (χ2v) is 4.57. The van der Waals surface area contributed by atoms with Crippen LogP contribution in [0.5, 0.6) is 0 Å². The highest BCUT2D eigenvalue weighted by atomic mass is 15.0. The first-order valence-electron chi connectivity index (χ1n) is 6.37. The largest absolute Gasteiger partial charge is 0.303 e. The first kappa shape index (κ1) is 13.8. The molecule has 1 aliphatic heterocycles. The maximum Gasteiger partial charge on any atom is 0.141 e. The van der Waals surface area contributed by atoms with Crippen molar-refractivity contribution in [2.45, 2.75) is 46.2 Å². The van der Waals surface area contributed by atoms with Crippen molar-refractivity contribution in [2.75, 3.05) is 0 Å². The van der Waals surface area contributed by atoms with Crippen LogP contribution < -0.4 is 5.73 Å². The van der Waals surface area contributed by atoms with Crippen LogP contribution in [0, 0.1) is 5.92 Å². The van der Waals surface area contributed by atoms with Gasteiger partial charge < -0.3 is 5.73 Å². The van der Waals surface area contributed by atoms with E-state index in [1.807, 2.05) is 27.0 Å². The molecule has 0 aromatic rings. The lowest BCUT2D eigenvalue weighted by Gasteiger charge is -2.10. The topological polar surface area (TPSA) is 50.7 Å². The lowest BCUT2D eigenvalue weighted by molar-refractivity contribution is 0.605. The van der Waals surface area contributed by atoms with E-state index in [4.69, 9.17) is 5.73 Å². The number of fused-ring (bicyclic) bond motifs is 1. The van der Waals surface area contributed by atoms with Gasteiger partial charge in [-0.2, -0.15) is 0 Å². The Hall–Kier alpha value is -1.22. The van der Waals surface area contributed by atoms with Gasteiger partial charge >= 0.3 is 0 Å². The minimum absolute atomic E-state index is 0.667. The van der Waals surface area contributed by atoms with Crippen molar-refractivity contribution in [1.82, 2.24) is 0 Å². The second kappa shape index (κ2) is 5.92. The molecular weight excluding hydrogens is 210 g/mol. The van der Waals surface area contributed by atoms with E-state index in [9.17, 15) is 0 Å². The number of rotatable bonds is 0. The molecule has 1 aliphatic carbocycles. The van der Waals surface area contributed by atoms with Crippen LogP contribution in [-0.4, -0.2) is 18.1 Å². The normalized spacial score (nSPS) is 31.2. The van der Waals surface area contributed by atoms with Gasteiger partial charge in [-0.25, -0.2) is 0 Å². The van der Waals surface area contributed by atoms with Crippen LogP contribution in [0.2, 0.25) is 0 Å². The van der Waals surface area contributed by atoms with Crippen LogP contribution in [0.25, 0.3) is 0 Å². The van der Waals surface area contributed by atoms with Gasteiger partial charge in [0.25, 0.3) is 0 Å². The molecule has 0 saturated heterocycles. The van der Waals surface area contributed by atoms with Gasteiger partial charge in [0.15, 0.2) is 0 Å². The predicted molar refractivity (Wildman–Crippen MR) is 75.5 cm³/mol. The van der Waals surface area contributed by atoms with E-state index in [1.54, 1.807) is 6.21 Å². The number of nitrogens with zero attached hydrogens (tertiary/aromatic N) is 2. The summed E-state index contributed by atoms with van der Waals surface area (Å²) in [4.78, 5) is 8.71. The Bertz CT molecular complexity index is 339. The van der Waals surface area contributed by atoms with Gasteiger partial charge in [0, 0.05) is 18.0 Å². The fourth-order valence-corrected chi connectivity index (χ4v) is 1.65. The fraction of sp³-hybridized carbons (Fsp3) is 0.571. The average molecular weight is 233 g/mol. The van der Waals surface area contributed by atoms with Crippen molar-refractivity contribution in [3.63, 3.8) is 0 Å². The third-order valence-corrected chi connectivity index (χ3v) is 2.70. The molecule has 1 heterocycles. The minimum atomic E-state index is -0.667. The van der Waals surface area contributed by atoms with Crippen molar-refractivity contribution in [3.05, 3.63) is 23.4 Å². The Kier molecular flexibility index (Phi) is 4.82. The zero-order valence-electron chi connectivity index (χ0n) is 11.3. The molecule has 0 radical (unpaired) electrons. The molecule has 0 bridgehead atoms. The average Bonchev–Trinajstić information content (AvgIpc) is 2.57. The molecule has 17 heavy (non-hydrogen) atoms. The Balaban J connectivity index is 0.000000686. The molecule has 3 heteroatoms. The molecule has 3 nitrogen and oxygen atoms in total. The third-order valence-electron chi connectivity index (χ3n) is 2.70. The van der Waals surface area contributed by atoms with Gasteiger partial charge in [0.2, 0.25) is 0 Å². The van der Waals surface area contributed by atoms with Crippen molar-refractivity contribution >= 4 is 12.4 Å². The maximum atomic E-state index is 5.90. The van der Waals surface area contributed by atoms with Crippen LogP contribution in [0.1, 0.15) is 40.5 Å². The number of nitrogens with two attached hydrogens (primary N) is 1. The van der Waals surface area contributed by atoms with E-state index in [0.717, 1.165) is 24.1 Å². The molecule has 0 saturated carbocycles. The van der Waals surface area contributed by atoms with Gasteiger partial charge in [0.1, 0.15) is 5.66 Å². The van der Waals surface area contributed by atoms with Gasteiger partial charge in [-0.1, -0.05) is 32.9 Å². The lowest BCUT2D eigenvalue weighted by atomic mass is 10.1. The highest BCUT2D eigenvalue weighted by Crippen LogP contribution is 2.23. The summed E-state index contributed by atoms with van der Waals surface area (Å²) in [5, 5.41) is 0. The van der Waals surface area contributed by atoms with Crippen LogP contribution in [0.3, 0.4) is 0 Å². The summed E-state index contributed by atoms with van der Waals surface area (Å²) in [6.45, 7) is 8.09. The molecule has 0 fully saturated rings. The molecule has 2 aliphatic rings. The van der Waals surface area contributed by atoms with Gasteiger partial charge in [-0.15, -0.1) is 0 Å². The van der Waals surface area contributed by atoms with E-state index in [0.29, 0.717) is 5.92 Å². The van der Waals surface area contributed by atoms with E-state index in [-0.39, 0.29) is 0 Å². The standard InChI is InChI=1S/C12H17N3.C2H6/c1-9-3-5-10-7-15-12(2,13)8-14-11(10)6-4-9;1-2/h5-9H,3-4,13H2,1-2H3;1-2H3. The Morgan fingerprint density at radius 3 is 2.65 bits per heavy atom. The molecule has 2 rings (SSSR count). The number of aliphatic imine (C=N–C) groups is 2. The monoisotopic (exact) mass is 233 g/mol. The first-order chi connectivity index (χ1) is 8.07. The summed E-state index contributed by atoms with van der Waals surface area (Å²) in [6.07, 6.45) is 10.1.